The van der Waals surface area contributed by atoms with E-state index in [0.29, 0.717) is 0 Å². The number of nitrogens with two attached hydrogens (primary N) is 1. The van der Waals surface area contributed by atoms with E-state index in [1.54, 1.807) is 0 Å². The molecule has 5 nitrogen and oxygen atoms in total. The van der Waals surface area contributed by atoms with Crippen LogP contribution >= 0.6 is 0 Å². The van der Waals surface area contributed by atoms with Gasteiger partial charge in [0.15, 0.2) is 9.84 Å². The fourth-order valence-corrected chi connectivity index (χ4v) is 1.66. The van der Waals surface area contributed by atoms with E-state index in [-0.39, 0.29) is 16.5 Å². The highest BCUT2D eigenvalue weighted by atomic mass is 32.2. The highest BCUT2D eigenvalue weighted by Gasteiger charge is 2.15. The van der Waals surface area contributed by atoms with Gasteiger partial charge >= 0.3 is 6.61 Å². The van der Waals surface area contributed by atoms with Crippen LogP contribution in [0.15, 0.2) is 17.2 Å². The second-order valence-electron chi connectivity index (χ2n) is 2.71. The summed E-state index contributed by atoms with van der Waals surface area (Å²) >= 11 is 0. The van der Waals surface area contributed by atoms with Crippen LogP contribution in [0.5, 0.6) is 5.75 Å². The molecular weight excluding hydrogens is 230 g/mol. The first-order valence-electron chi connectivity index (χ1n) is 3.71. The summed E-state index contributed by atoms with van der Waals surface area (Å²) in [6, 6.07) is 0.907. The van der Waals surface area contributed by atoms with Gasteiger partial charge in [-0.2, -0.15) is 8.78 Å². The monoisotopic (exact) mass is 238 g/mol. The van der Waals surface area contributed by atoms with E-state index in [2.05, 4.69) is 9.72 Å². The second-order valence-corrected chi connectivity index (χ2v) is 4.69. The number of nitrogen functional groups attached to an aromatic ring is 1. The Kier molecular flexibility index (Phi) is 3.08. The zero-order chi connectivity index (χ0) is 11.6. The van der Waals surface area contributed by atoms with Gasteiger partial charge in [-0.1, -0.05) is 0 Å². The molecule has 0 aliphatic rings. The van der Waals surface area contributed by atoms with Crippen LogP contribution in [0.3, 0.4) is 0 Å². The van der Waals surface area contributed by atoms with Crippen LogP contribution in [-0.2, 0) is 9.84 Å². The number of hydrogen-bond donors (Lipinski definition) is 1. The predicted molar refractivity (Wildman–Crippen MR) is 48.4 cm³/mol. The molecule has 84 valence electrons. The summed E-state index contributed by atoms with van der Waals surface area (Å²) in [5.74, 6) is -0.598. The quantitative estimate of drug-likeness (QED) is 0.836. The van der Waals surface area contributed by atoms with Crippen molar-refractivity contribution in [3.8, 4) is 5.75 Å². The van der Waals surface area contributed by atoms with E-state index in [0.717, 1.165) is 18.5 Å². The maximum absolute atomic E-state index is 11.8. The molecule has 2 N–H and O–H groups in total. The fraction of sp³-hybridized carbons (Fsp3) is 0.286. The molecule has 8 heteroatoms. The van der Waals surface area contributed by atoms with Crippen molar-refractivity contribution < 1.29 is 21.9 Å². The Morgan fingerprint density at radius 3 is 2.60 bits per heavy atom. The Balaban J connectivity index is 3.18. The molecule has 0 fully saturated rings. The molecule has 0 saturated carbocycles. The van der Waals surface area contributed by atoms with E-state index in [4.69, 9.17) is 5.73 Å². The third-order valence-electron chi connectivity index (χ3n) is 1.48. The van der Waals surface area contributed by atoms with Gasteiger partial charge in [0, 0.05) is 12.3 Å². The zero-order valence-electron chi connectivity index (χ0n) is 7.65. The normalized spacial score (nSPS) is 11.7. The highest BCUT2D eigenvalue weighted by molar-refractivity contribution is 7.90. The molecule has 0 atom stereocenters. The smallest absolute Gasteiger partial charge is 0.387 e. The minimum Gasteiger partial charge on any atom is -0.433 e. The number of hydrogen-bond acceptors (Lipinski definition) is 5. The number of pyridine rings is 1. The maximum Gasteiger partial charge on any atom is 0.387 e. The Hall–Kier alpha value is -1.44. The first kappa shape index (κ1) is 11.6. The van der Waals surface area contributed by atoms with Gasteiger partial charge in [0.1, 0.15) is 16.5 Å². The van der Waals surface area contributed by atoms with Crippen molar-refractivity contribution in [1.82, 2.24) is 4.98 Å². The predicted octanol–water partition coefficient (Wildman–Crippen LogP) is 0.669. The third kappa shape index (κ3) is 3.01. The van der Waals surface area contributed by atoms with Crippen LogP contribution in [0.25, 0.3) is 0 Å². The minimum absolute atomic E-state index is 0.251. The molecule has 1 heterocycles. The van der Waals surface area contributed by atoms with Gasteiger partial charge in [-0.15, -0.1) is 0 Å². The van der Waals surface area contributed by atoms with Crippen molar-refractivity contribution in [2.45, 2.75) is 11.5 Å². The van der Waals surface area contributed by atoms with E-state index >= 15 is 0 Å². The average Bonchev–Trinajstić information content (AvgIpc) is 2.05. The van der Waals surface area contributed by atoms with E-state index in [1.165, 1.54) is 0 Å². The zero-order valence-corrected chi connectivity index (χ0v) is 8.46. The molecule has 0 saturated heterocycles. The molecule has 1 aromatic rings. The minimum atomic E-state index is -3.60. The lowest BCUT2D eigenvalue weighted by Crippen LogP contribution is -2.07. The Labute approximate surface area is 84.8 Å². The Bertz CT molecular complexity index is 461. The van der Waals surface area contributed by atoms with Crippen molar-refractivity contribution in [3.63, 3.8) is 0 Å². The largest absolute Gasteiger partial charge is 0.433 e. The van der Waals surface area contributed by atoms with Crippen molar-refractivity contribution in [1.29, 1.82) is 0 Å². The molecule has 0 aromatic carbocycles. The van der Waals surface area contributed by atoms with Gasteiger partial charge in [0.2, 0.25) is 0 Å². The number of rotatable bonds is 3. The van der Waals surface area contributed by atoms with Crippen LogP contribution < -0.4 is 10.5 Å². The summed E-state index contributed by atoms with van der Waals surface area (Å²) in [5.41, 5.74) is 5.27. The highest BCUT2D eigenvalue weighted by Crippen LogP contribution is 2.22. The van der Waals surface area contributed by atoms with Crippen molar-refractivity contribution in [2.24, 2.45) is 0 Å². The van der Waals surface area contributed by atoms with Crippen LogP contribution in [-0.4, -0.2) is 26.3 Å². The molecule has 0 aliphatic carbocycles. The maximum atomic E-state index is 11.8. The number of nitrogens with zero attached hydrogens (tertiary/aromatic N) is 1. The number of alkyl halides is 2. The molecular formula is C7H8F2N2O3S. The van der Waals surface area contributed by atoms with Gasteiger partial charge < -0.3 is 10.5 Å². The standard InChI is InChI=1S/C7H8F2N2O3S/c1-15(12,13)5-2-4(14-7(8)9)3-11-6(5)10/h2-3,7H,1H3,(H2,10,11). The third-order valence-corrected chi connectivity index (χ3v) is 2.61. The van der Waals surface area contributed by atoms with Crippen molar-refractivity contribution in [2.75, 3.05) is 12.0 Å². The molecule has 0 spiro atoms. The van der Waals surface area contributed by atoms with Gasteiger partial charge in [-0.3, -0.25) is 0 Å². The lowest BCUT2D eigenvalue weighted by atomic mass is 10.4. The second kappa shape index (κ2) is 3.97. The SMILES string of the molecule is CS(=O)(=O)c1cc(OC(F)F)cnc1N. The van der Waals surface area contributed by atoms with Crippen LogP contribution in [0.4, 0.5) is 14.6 Å². The van der Waals surface area contributed by atoms with Crippen molar-refractivity contribution in [3.05, 3.63) is 12.3 Å². The van der Waals surface area contributed by atoms with E-state index in [1.807, 2.05) is 0 Å². The Morgan fingerprint density at radius 1 is 1.53 bits per heavy atom. The Morgan fingerprint density at radius 2 is 2.13 bits per heavy atom. The van der Waals surface area contributed by atoms with Crippen molar-refractivity contribution >= 4 is 15.7 Å². The molecule has 0 radical (unpaired) electrons. The van der Waals surface area contributed by atoms with Crippen LogP contribution in [0.1, 0.15) is 0 Å². The summed E-state index contributed by atoms with van der Waals surface area (Å²) in [6.07, 6.45) is 1.82. The molecule has 0 bridgehead atoms. The van der Waals surface area contributed by atoms with Gasteiger partial charge in [0.25, 0.3) is 0 Å². The lowest BCUT2D eigenvalue weighted by Gasteiger charge is -2.07. The molecule has 0 aliphatic heterocycles. The van der Waals surface area contributed by atoms with Crippen LogP contribution in [0.2, 0.25) is 0 Å². The number of aromatic nitrogens is 1. The summed E-state index contributed by atoms with van der Waals surface area (Å²) < 4.78 is 49.9. The fourth-order valence-electron chi connectivity index (χ4n) is 0.902. The first-order valence-corrected chi connectivity index (χ1v) is 5.60. The molecule has 1 rings (SSSR count). The molecule has 15 heavy (non-hydrogen) atoms. The van der Waals surface area contributed by atoms with E-state index in [9.17, 15) is 17.2 Å². The van der Waals surface area contributed by atoms with Gasteiger partial charge in [-0.25, -0.2) is 13.4 Å². The lowest BCUT2D eigenvalue weighted by molar-refractivity contribution is -0.0502. The van der Waals surface area contributed by atoms with E-state index < -0.39 is 16.4 Å². The van der Waals surface area contributed by atoms with Crippen LogP contribution in [0, 0.1) is 0 Å². The van der Waals surface area contributed by atoms with Gasteiger partial charge in [0.05, 0.1) is 6.20 Å². The number of ether oxygens (including phenoxy) is 1. The summed E-state index contributed by atoms with van der Waals surface area (Å²) in [4.78, 5) is 3.11. The average molecular weight is 238 g/mol. The topological polar surface area (TPSA) is 82.3 Å². The summed E-state index contributed by atoms with van der Waals surface area (Å²) in [5, 5.41) is 0. The molecule has 0 amide bonds. The molecule has 1 aromatic heterocycles. The summed E-state index contributed by atoms with van der Waals surface area (Å²) in [6.45, 7) is -3.04. The van der Waals surface area contributed by atoms with Gasteiger partial charge in [-0.05, 0) is 0 Å². The first-order chi connectivity index (χ1) is 6.80. The number of halogens is 2. The summed E-state index contributed by atoms with van der Waals surface area (Å²) in [7, 11) is -3.60. The number of anilines is 1. The molecule has 0 unspecified atom stereocenters. The number of sulfone groups is 1.